The molecule has 1 aromatic rings. The van der Waals surface area contributed by atoms with Crippen molar-refractivity contribution < 1.29 is 9.18 Å². The lowest BCUT2D eigenvalue weighted by atomic mass is 9.97. The fourth-order valence-corrected chi connectivity index (χ4v) is 3.57. The number of allylic oxidation sites excluding steroid dienone is 1. The second-order valence-electron chi connectivity index (χ2n) is 5.24. The molecule has 2 aliphatic rings. The van der Waals surface area contributed by atoms with E-state index in [0.717, 1.165) is 34.9 Å². The molecule has 2 aliphatic heterocycles. The zero-order chi connectivity index (χ0) is 14.1. The minimum Gasteiger partial charge on any atom is -0.319 e. The van der Waals surface area contributed by atoms with Crippen molar-refractivity contribution in [3.63, 3.8) is 0 Å². The summed E-state index contributed by atoms with van der Waals surface area (Å²) >= 11 is 1.44. The molecule has 3 rings (SSSR count). The number of halogens is 1. The number of thioether (sulfide) groups is 1. The van der Waals surface area contributed by atoms with E-state index in [-0.39, 0.29) is 23.7 Å². The van der Waals surface area contributed by atoms with Crippen LogP contribution in [-0.4, -0.2) is 18.5 Å². The normalized spacial score (nSPS) is 25.0. The monoisotopic (exact) mass is 292 g/mol. The van der Waals surface area contributed by atoms with Gasteiger partial charge in [-0.15, -0.1) is 0 Å². The van der Waals surface area contributed by atoms with Gasteiger partial charge in [-0.3, -0.25) is 4.79 Å². The van der Waals surface area contributed by atoms with Crippen LogP contribution >= 0.6 is 11.8 Å². The van der Waals surface area contributed by atoms with E-state index in [0.29, 0.717) is 0 Å². The Labute approximate surface area is 122 Å². The first-order valence-electron chi connectivity index (χ1n) is 6.86. The van der Waals surface area contributed by atoms with Gasteiger partial charge in [0.1, 0.15) is 5.82 Å². The van der Waals surface area contributed by atoms with Gasteiger partial charge in [0, 0.05) is 10.5 Å². The Morgan fingerprint density at radius 3 is 3.00 bits per heavy atom. The van der Waals surface area contributed by atoms with E-state index in [1.54, 1.807) is 6.07 Å². The van der Waals surface area contributed by atoms with Crippen molar-refractivity contribution in [2.24, 2.45) is 0 Å². The molecule has 3 nitrogen and oxygen atoms in total. The molecule has 1 aromatic carbocycles. The van der Waals surface area contributed by atoms with Crippen LogP contribution in [0.2, 0.25) is 0 Å². The Morgan fingerprint density at radius 1 is 1.50 bits per heavy atom. The Bertz CT molecular complexity index is 569. The third kappa shape index (κ3) is 2.60. The summed E-state index contributed by atoms with van der Waals surface area (Å²) in [5, 5.41) is 6.83. The van der Waals surface area contributed by atoms with Gasteiger partial charge in [-0.1, -0.05) is 30.8 Å². The third-order valence-corrected chi connectivity index (χ3v) is 4.83. The van der Waals surface area contributed by atoms with Crippen molar-refractivity contribution in [3.05, 3.63) is 40.7 Å². The van der Waals surface area contributed by atoms with E-state index in [4.69, 9.17) is 0 Å². The largest absolute Gasteiger partial charge is 0.319 e. The van der Waals surface area contributed by atoms with E-state index in [1.165, 1.54) is 17.8 Å². The van der Waals surface area contributed by atoms with Gasteiger partial charge in [0.15, 0.2) is 0 Å². The number of hydrogen-bond acceptors (Lipinski definition) is 3. The first-order valence-corrected chi connectivity index (χ1v) is 7.67. The molecule has 20 heavy (non-hydrogen) atoms. The first-order chi connectivity index (χ1) is 9.65. The highest BCUT2D eigenvalue weighted by Crippen LogP contribution is 2.39. The Hall–Kier alpha value is -1.33. The first kappa shape index (κ1) is 13.6. The van der Waals surface area contributed by atoms with Gasteiger partial charge >= 0.3 is 0 Å². The Kier molecular flexibility index (Phi) is 3.81. The van der Waals surface area contributed by atoms with Crippen LogP contribution in [-0.2, 0) is 4.79 Å². The lowest BCUT2D eigenvalue weighted by Gasteiger charge is -2.26. The highest BCUT2D eigenvalue weighted by Gasteiger charge is 2.26. The third-order valence-electron chi connectivity index (χ3n) is 3.77. The zero-order valence-corrected chi connectivity index (χ0v) is 12.1. The maximum atomic E-state index is 14.0. The summed E-state index contributed by atoms with van der Waals surface area (Å²) in [6.07, 6.45) is 3.60. The van der Waals surface area contributed by atoms with Gasteiger partial charge in [0.2, 0.25) is 5.91 Å². The molecule has 0 spiro atoms. The minimum absolute atomic E-state index is 0.00232. The van der Waals surface area contributed by atoms with Gasteiger partial charge in [-0.2, -0.15) is 0 Å². The van der Waals surface area contributed by atoms with Crippen LogP contribution < -0.4 is 10.6 Å². The number of rotatable bonds is 2. The van der Waals surface area contributed by atoms with E-state index in [9.17, 15) is 9.18 Å². The molecule has 2 unspecified atom stereocenters. The minimum atomic E-state index is -0.163. The molecule has 2 N–H and O–H groups in total. The SMILES string of the molecule is CC1CC=C(NC(=O)C2CCN2)Sc2cccc(F)c21. The quantitative estimate of drug-likeness (QED) is 0.880. The predicted octanol–water partition coefficient (Wildman–Crippen LogP) is 2.74. The summed E-state index contributed by atoms with van der Waals surface area (Å²) in [6.45, 7) is 2.91. The van der Waals surface area contributed by atoms with Gasteiger partial charge < -0.3 is 10.6 Å². The summed E-state index contributed by atoms with van der Waals surface area (Å²) in [7, 11) is 0. The number of carbonyl (C=O) groups is 1. The van der Waals surface area contributed by atoms with E-state index >= 15 is 0 Å². The molecule has 5 heteroatoms. The Balaban J connectivity index is 1.79. The second-order valence-corrected chi connectivity index (χ2v) is 6.33. The maximum Gasteiger partial charge on any atom is 0.241 e. The van der Waals surface area contributed by atoms with Crippen LogP contribution in [0.25, 0.3) is 0 Å². The van der Waals surface area contributed by atoms with E-state index in [1.807, 2.05) is 19.1 Å². The summed E-state index contributed by atoms with van der Waals surface area (Å²) in [4.78, 5) is 12.9. The number of fused-ring (bicyclic) bond motifs is 1. The van der Waals surface area contributed by atoms with Crippen molar-refractivity contribution in [2.45, 2.75) is 36.6 Å². The predicted molar refractivity (Wildman–Crippen MR) is 77.9 cm³/mol. The molecule has 0 saturated carbocycles. The second kappa shape index (κ2) is 5.58. The molecule has 0 radical (unpaired) electrons. The maximum absolute atomic E-state index is 14.0. The zero-order valence-electron chi connectivity index (χ0n) is 11.3. The standard InChI is InChI=1S/C15H17FN2OS/c1-9-5-6-13(18-15(19)11-7-8-17-11)20-12-4-2-3-10(16)14(9)12/h2-4,6,9,11,17H,5,7-8H2,1H3,(H,18,19). The number of amides is 1. The molecule has 1 amide bonds. The number of carbonyl (C=O) groups excluding carboxylic acids is 1. The van der Waals surface area contributed by atoms with Gasteiger partial charge in [-0.25, -0.2) is 4.39 Å². The van der Waals surface area contributed by atoms with Crippen LogP contribution in [0.5, 0.6) is 0 Å². The molecule has 2 atom stereocenters. The van der Waals surface area contributed by atoms with Crippen LogP contribution in [0.15, 0.2) is 34.2 Å². The van der Waals surface area contributed by atoms with E-state index in [2.05, 4.69) is 10.6 Å². The number of hydrogen-bond donors (Lipinski definition) is 2. The molecular weight excluding hydrogens is 275 g/mol. The molecule has 0 bridgehead atoms. The van der Waals surface area contributed by atoms with Crippen LogP contribution in [0, 0.1) is 5.82 Å². The average Bonchev–Trinajstić information content (AvgIpc) is 2.48. The highest BCUT2D eigenvalue weighted by molar-refractivity contribution is 8.03. The summed E-state index contributed by atoms with van der Waals surface area (Å²) in [5.74, 6) is -0.0402. The molecule has 106 valence electrons. The molecule has 1 saturated heterocycles. The summed E-state index contributed by atoms with van der Waals surface area (Å²) < 4.78 is 14.0. The molecule has 2 heterocycles. The van der Waals surface area contributed by atoms with Crippen molar-refractivity contribution in [1.82, 2.24) is 10.6 Å². The van der Waals surface area contributed by atoms with Gasteiger partial charge in [0.25, 0.3) is 0 Å². The molecular formula is C15H17FN2OS. The van der Waals surface area contributed by atoms with Gasteiger partial charge in [0.05, 0.1) is 11.1 Å². The van der Waals surface area contributed by atoms with E-state index < -0.39 is 0 Å². The Morgan fingerprint density at radius 2 is 2.30 bits per heavy atom. The summed E-state index contributed by atoms with van der Waals surface area (Å²) in [6, 6.07) is 5.04. The topological polar surface area (TPSA) is 41.1 Å². The van der Waals surface area contributed by atoms with Crippen LogP contribution in [0.4, 0.5) is 4.39 Å². The molecule has 0 aromatic heterocycles. The molecule has 1 fully saturated rings. The number of nitrogens with one attached hydrogen (secondary N) is 2. The van der Waals surface area contributed by atoms with Crippen LogP contribution in [0.1, 0.15) is 31.2 Å². The lowest BCUT2D eigenvalue weighted by molar-refractivity contribution is -0.123. The summed E-state index contributed by atoms with van der Waals surface area (Å²) in [5.41, 5.74) is 0.750. The average molecular weight is 292 g/mol. The number of benzene rings is 1. The van der Waals surface area contributed by atoms with Crippen LogP contribution in [0.3, 0.4) is 0 Å². The van der Waals surface area contributed by atoms with Crippen molar-refractivity contribution in [1.29, 1.82) is 0 Å². The van der Waals surface area contributed by atoms with Gasteiger partial charge in [-0.05, 0) is 37.4 Å². The molecule has 0 aliphatic carbocycles. The smallest absolute Gasteiger partial charge is 0.241 e. The highest BCUT2D eigenvalue weighted by atomic mass is 32.2. The van der Waals surface area contributed by atoms with Crippen molar-refractivity contribution >= 4 is 17.7 Å². The lowest BCUT2D eigenvalue weighted by Crippen LogP contribution is -2.52. The fourth-order valence-electron chi connectivity index (χ4n) is 2.44. The van der Waals surface area contributed by atoms with Crippen molar-refractivity contribution in [2.75, 3.05) is 6.54 Å². The fraction of sp³-hybridized carbons (Fsp3) is 0.400. The van der Waals surface area contributed by atoms with Crippen molar-refractivity contribution in [3.8, 4) is 0 Å².